The fraction of sp³-hybridized carbons (Fsp3) is 0.722. The van der Waals surface area contributed by atoms with Gasteiger partial charge in [0.2, 0.25) is 11.8 Å². The Kier molecular flexibility index (Phi) is 12.2. The smallest absolute Gasteiger partial charge is 0.480 e. The van der Waals surface area contributed by atoms with Gasteiger partial charge >= 0.3 is 18.1 Å². The van der Waals surface area contributed by atoms with E-state index in [9.17, 15) is 37.5 Å². The number of nitrogens with two attached hydrogens (primary N) is 3. The van der Waals surface area contributed by atoms with E-state index in [1.54, 1.807) is 13.8 Å². The second kappa shape index (κ2) is 13.4. The summed E-state index contributed by atoms with van der Waals surface area (Å²) in [6.45, 7) is 4.41. The molecule has 0 radical (unpaired) electrons. The summed E-state index contributed by atoms with van der Waals surface area (Å²) in [5.41, 5.74) is 16.2. The molecule has 0 saturated heterocycles. The molecule has 0 aliphatic carbocycles. The van der Waals surface area contributed by atoms with E-state index in [0.29, 0.717) is 12.8 Å². The molecule has 0 rings (SSSR count). The van der Waals surface area contributed by atoms with E-state index in [0.717, 1.165) is 6.92 Å². The summed E-state index contributed by atoms with van der Waals surface area (Å²) in [6, 6.07) is -4.28. The molecular formula is C18H31F3N6O6. The fourth-order valence-corrected chi connectivity index (χ4v) is 2.54. The van der Waals surface area contributed by atoms with E-state index in [-0.39, 0.29) is 18.9 Å². The van der Waals surface area contributed by atoms with E-state index in [4.69, 9.17) is 17.2 Å². The normalized spacial score (nSPS) is 15.8. The number of nitrogens with one attached hydrogen (secondary N) is 2. The van der Waals surface area contributed by atoms with Crippen LogP contribution in [-0.4, -0.2) is 71.8 Å². The number of aliphatic imine (C=N–C) groups is 1. The second-order valence-corrected chi connectivity index (χ2v) is 7.36. The molecule has 0 bridgehead atoms. The summed E-state index contributed by atoms with van der Waals surface area (Å²) in [5, 5.41) is 13.7. The zero-order valence-corrected chi connectivity index (χ0v) is 18.5. The van der Waals surface area contributed by atoms with Gasteiger partial charge in [-0.1, -0.05) is 20.3 Å². The molecule has 0 aromatic heterocycles. The third kappa shape index (κ3) is 10.9. The number of rotatable bonds is 13. The molecule has 0 fully saturated rings. The molecule has 0 unspecified atom stereocenters. The second-order valence-electron chi connectivity index (χ2n) is 7.36. The average Bonchev–Trinajstić information content (AvgIpc) is 2.70. The number of hydrogen-bond acceptors (Lipinski definition) is 7. The van der Waals surface area contributed by atoms with Gasteiger partial charge in [0.15, 0.2) is 12.0 Å². The number of amides is 2. The highest BCUT2D eigenvalue weighted by Gasteiger charge is 2.44. The number of esters is 1. The van der Waals surface area contributed by atoms with Gasteiger partial charge in [-0.05, 0) is 25.7 Å². The first kappa shape index (κ1) is 29.9. The van der Waals surface area contributed by atoms with Crippen LogP contribution >= 0.6 is 0 Å². The zero-order chi connectivity index (χ0) is 25.9. The Bertz CT molecular complexity index is 729. The number of carbonyl (C=O) groups is 4. The molecule has 5 atom stereocenters. The van der Waals surface area contributed by atoms with Crippen molar-refractivity contribution < 1.29 is 42.2 Å². The first-order chi connectivity index (χ1) is 15.1. The van der Waals surface area contributed by atoms with Crippen molar-refractivity contribution in [2.45, 2.75) is 70.4 Å². The largest absolute Gasteiger partial charge is 0.490 e. The van der Waals surface area contributed by atoms with Crippen molar-refractivity contribution in [3.05, 3.63) is 0 Å². The van der Waals surface area contributed by atoms with Crippen molar-refractivity contribution in [1.82, 2.24) is 10.6 Å². The number of alkyl halides is 3. The number of hydrogen-bond donors (Lipinski definition) is 6. The molecule has 33 heavy (non-hydrogen) atoms. The molecular weight excluding hydrogens is 453 g/mol. The molecule has 12 nitrogen and oxygen atoms in total. The lowest BCUT2D eigenvalue weighted by molar-refractivity contribution is -0.205. The highest BCUT2D eigenvalue weighted by molar-refractivity contribution is 5.92. The van der Waals surface area contributed by atoms with E-state index in [1.807, 2.05) is 5.32 Å². The van der Waals surface area contributed by atoms with Crippen molar-refractivity contribution in [3.63, 3.8) is 0 Å². The highest BCUT2D eigenvalue weighted by atomic mass is 19.4. The van der Waals surface area contributed by atoms with Crippen LogP contribution in [-0.2, 0) is 23.9 Å². The number of carboxylic acid groups (broad SMARTS) is 1. The van der Waals surface area contributed by atoms with Crippen LogP contribution < -0.4 is 27.8 Å². The van der Waals surface area contributed by atoms with Crippen LogP contribution in [0.3, 0.4) is 0 Å². The van der Waals surface area contributed by atoms with Crippen molar-refractivity contribution in [2.24, 2.45) is 28.1 Å². The molecule has 0 saturated carbocycles. The van der Waals surface area contributed by atoms with Gasteiger partial charge in [0.05, 0.1) is 6.04 Å². The lowest BCUT2D eigenvalue weighted by Gasteiger charge is -2.28. The number of carboxylic acids is 1. The Morgan fingerprint density at radius 3 is 2.06 bits per heavy atom. The predicted octanol–water partition coefficient (Wildman–Crippen LogP) is -1.04. The van der Waals surface area contributed by atoms with Crippen LogP contribution in [0.25, 0.3) is 0 Å². The number of halogens is 3. The standard InChI is InChI=1S/C18H31F3N6O6/c1-4-8(2)11(26-13(28)10(22)6-5-7-25-17(23)24)14(29)27-12(15(30)31)9(3)33-16(32)18(19,20)21/h8-12H,4-7,22H2,1-3H3,(H,26,28)(H,27,29)(H,30,31)(H4,23,24,25)/t8-,9-,10-,11-,12-/m0/s1. The van der Waals surface area contributed by atoms with Gasteiger partial charge in [-0.2, -0.15) is 13.2 Å². The molecule has 0 aromatic rings. The van der Waals surface area contributed by atoms with Gasteiger partial charge in [-0.25, -0.2) is 9.59 Å². The Labute approximate surface area is 188 Å². The predicted molar refractivity (Wildman–Crippen MR) is 110 cm³/mol. The number of carbonyl (C=O) groups excluding carboxylic acids is 3. The minimum absolute atomic E-state index is 0.121. The minimum atomic E-state index is -5.34. The third-order valence-electron chi connectivity index (χ3n) is 4.66. The van der Waals surface area contributed by atoms with Crippen LogP contribution in [0.2, 0.25) is 0 Å². The monoisotopic (exact) mass is 484 g/mol. The first-order valence-corrected chi connectivity index (χ1v) is 10.0. The molecule has 190 valence electrons. The Balaban J connectivity index is 5.28. The summed E-state index contributed by atoms with van der Waals surface area (Å²) in [5.74, 6) is -6.66. The summed E-state index contributed by atoms with van der Waals surface area (Å²) < 4.78 is 41.3. The molecule has 0 aliphatic rings. The van der Waals surface area contributed by atoms with Gasteiger partial charge in [-0.15, -0.1) is 0 Å². The zero-order valence-electron chi connectivity index (χ0n) is 18.5. The van der Waals surface area contributed by atoms with Crippen LogP contribution in [0.15, 0.2) is 4.99 Å². The molecule has 9 N–H and O–H groups in total. The van der Waals surface area contributed by atoms with Crippen molar-refractivity contribution in [1.29, 1.82) is 0 Å². The van der Waals surface area contributed by atoms with Crippen molar-refractivity contribution >= 4 is 29.7 Å². The number of aliphatic carboxylic acids is 1. The third-order valence-corrected chi connectivity index (χ3v) is 4.66. The molecule has 0 aliphatic heterocycles. The van der Waals surface area contributed by atoms with Gasteiger partial charge in [-0.3, -0.25) is 14.6 Å². The number of nitrogens with zero attached hydrogens (tertiary/aromatic N) is 1. The Morgan fingerprint density at radius 1 is 1.06 bits per heavy atom. The van der Waals surface area contributed by atoms with Crippen LogP contribution in [0.1, 0.15) is 40.0 Å². The molecule has 15 heteroatoms. The lowest BCUT2D eigenvalue weighted by Crippen LogP contribution is -2.59. The minimum Gasteiger partial charge on any atom is -0.480 e. The van der Waals surface area contributed by atoms with Gasteiger partial charge in [0.25, 0.3) is 0 Å². The van der Waals surface area contributed by atoms with Crippen molar-refractivity contribution in [2.75, 3.05) is 6.54 Å². The maximum absolute atomic E-state index is 12.7. The van der Waals surface area contributed by atoms with Crippen LogP contribution in [0.4, 0.5) is 13.2 Å². The number of ether oxygens (including phenoxy) is 1. The maximum Gasteiger partial charge on any atom is 0.490 e. The van der Waals surface area contributed by atoms with Gasteiger partial charge in [0, 0.05) is 6.54 Å². The summed E-state index contributed by atoms with van der Waals surface area (Å²) in [6.07, 6.45) is -6.26. The van der Waals surface area contributed by atoms with Crippen molar-refractivity contribution in [3.8, 4) is 0 Å². The van der Waals surface area contributed by atoms with Crippen LogP contribution in [0.5, 0.6) is 0 Å². The topological polar surface area (TPSA) is 212 Å². The Morgan fingerprint density at radius 2 is 1.61 bits per heavy atom. The van der Waals surface area contributed by atoms with Gasteiger partial charge < -0.3 is 37.7 Å². The van der Waals surface area contributed by atoms with E-state index >= 15 is 0 Å². The SMILES string of the molecule is CC[C@H](C)[C@H](NC(=O)[C@@H](N)CCCN=C(N)N)C(=O)N[C@H](C(=O)O)[C@H](C)OC(=O)C(F)(F)F. The molecule has 2 amide bonds. The fourth-order valence-electron chi connectivity index (χ4n) is 2.54. The quantitative estimate of drug-likeness (QED) is 0.0814. The van der Waals surface area contributed by atoms with Crippen LogP contribution in [0, 0.1) is 5.92 Å². The number of guanidine groups is 1. The molecule has 0 heterocycles. The summed E-state index contributed by atoms with van der Waals surface area (Å²) in [4.78, 5) is 51.3. The van der Waals surface area contributed by atoms with E-state index < -0.39 is 60.1 Å². The van der Waals surface area contributed by atoms with Gasteiger partial charge in [0.1, 0.15) is 12.1 Å². The maximum atomic E-state index is 12.7. The summed E-state index contributed by atoms with van der Waals surface area (Å²) >= 11 is 0. The van der Waals surface area contributed by atoms with E-state index in [1.165, 1.54) is 0 Å². The van der Waals surface area contributed by atoms with E-state index in [2.05, 4.69) is 15.0 Å². The lowest BCUT2D eigenvalue weighted by atomic mass is 9.97. The Hall–Kier alpha value is -3.10. The average molecular weight is 484 g/mol. The highest BCUT2D eigenvalue weighted by Crippen LogP contribution is 2.18. The first-order valence-electron chi connectivity index (χ1n) is 10.0. The molecule has 0 spiro atoms. The summed E-state index contributed by atoms with van der Waals surface area (Å²) in [7, 11) is 0. The molecule has 0 aromatic carbocycles.